The van der Waals surface area contributed by atoms with Crippen LogP contribution in [0.5, 0.6) is 5.75 Å². The lowest BCUT2D eigenvalue weighted by molar-refractivity contribution is 0.0897. The van der Waals surface area contributed by atoms with Crippen LogP contribution in [0.15, 0.2) is 12.1 Å². The Hall–Kier alpha value is -1.35. The molecule has 1 aromatic rings. The number of aryl methyl sites for hydroxylation is 1. The van der Waals surface area contributed by atoms with Crippen LogP contribution in [0.4, 0.5) is 0 Å². The number of Topliss-reactive ketones (excluding diaryl/α,β-unsaturated/α-hetero) is 1. The maximum atomic E-state index is 12.8. The second-order valence-electron chi connectivity index (χ2n) is 5.84. The molecule has 2 aliphatic rings. The van der Waals surface area contributed by atoms with E-state index in [2.05, 4.69) is 5.32 Å². The summed E-state index contributed by atoms with van der Waals surface area (Å²) < 4.78 is 5.48. The van der Waals surface area contributed by atoms with Gasteiger partial charge in [-0.3, -0.25) is 4.79 Å². The Morgan fingerprint density at radius 2 is 2.11 bits per heavy atom. The summed E-state index contributed by atoms with van der Waals surface area (Å²) in [5, 5.41) is 3.53. The van der Waals surface area contributed by atoms with E-state index in [0.717, 1.165) is 29.7 Å². The summed E-state index contributed by atoms with van der Waals surface area (Å²) in [6.07, 6.45) is 3.34. The van der Waals surface area contributed by atoms with Crippen LogP contribution in [0.1, 0.15) is 40.7 Å². The first-order valence-corrected chi connectivity index (χ1v) is 7.06. The molecule has 2 heterocycles. The monoisotopic (exact) mass is 259 g/mol. The van der Waals surface area contributed by atoms with Gasteiger partial charge >= 0.3 is 0 Å². The summed E-state index contributed by atoms with van der Waals surface area (Å²) in [6.45, 7) is 4.06. The van der Waals surface area contributed by atoms with Crippen LogP contribution >= 0.6 is 0 Å². The van der Waals surface area contributed by atoms with Crippen molar-refractivity contribution in [2.45, 2.75) is 45.2 Å². The number of hydrogen-bond donors (Lipinski definition) is 1. The first-order chi connectivity index (χ1) is 9.11. The van der Waals surface area contributed by atoms with E-state index in [0.29, 0.717) is 12.1 Å². The van der Waals surface area contributed by atoms with E-state index in [1.165, 1.54) is 12.0 Å². The van der Waals surface area contributed by atoms with Gasteiger partial charge in [0.05, 0.1) is 12.7 Å². The van der Waals surface area contributed by atoms with Crippen molar-refractivity contribution < 1.29 is 9.53 Å². The maximum Gasteiger partial charge on any atom is 0.171 e. The third kappa shape index (κ3) is 1.96. The Morgan fingerprint density at radius 3 is 2.68 bits per heavy atom. The number of carbonyl (C=O) groups is 1. The van der Waals surface area contributed by atoms with Gasteiger partial charge in [0.25, 0.3) is 0 Å². The highest BCUT2D eigenvalue weighted by Gasteiger charge is 2.43. The Bertz CT molecular complexity index is 524. The lowest BCUT2D eigenvalue weighted by Crippen LogP contribution is -2.29. The van der Waals surface area contributed by atoms with Crippen molar-refractivity contribution in [2.24, 2.45) is 5.92 Å². The highest BCUT2D eigenvalue weighted by molar-refractivity contribution is 6.01. The molecular weight excluding hydrogens is 238 g/mol. The Kier molecular flexibility index (Phi) is 3.09. The number of ketones is 1. The summed E-state index contributed by atoms with van der Waals surface area (Å²) >= 11 is 0. The third-order valence-corrected chi connectivity index (χ3v) is 4.78. The minimum Gasteiger partial charge on any atom is -0.496 e. The van der Waals surface area contributed by atoms with Gasteiger partial charge < -0.3 is 10.1 Å². The summed E-state index contributed by atoms with van der Waals surface area (Å²) in [5.41, 5.74) is 2.99. The fourth-order valence-electron chi connectivity index (χ4n) is 3.56. The minimum absolute atomic E-state index is 0.134. The molecule has 3 rings (SSSR count). The highest BCUT2D eigenvalue weighted by atomic mass is 16.5. The lowest BCUT2D eigenvalue weighted by atomic mass is 9.83. The molecule has 3 nitrogen and oxygen atoms in total. The number of rotatable bonds is 3. The summed E-state index contributed by atoms with van der Waals surface area (Å²) in [4.78, 5) is 12.8. The number of ether oxygens (including phenoxy) is 1. The van der Waals surface area contributed by atoms with Crippen LogP contribution < -0.4 is 10.1 Å². The number of fused-ring (bicyclic) bond motifs is 2. The van der Waals surface area contributed by atoms with Crippen molar-refractivity contribution in [3.63, 3.8) is 0 Å². The molecule has 19 heavy (non-hydrogen) atoms. The van der Waals surface area contributed by atoms with E-state index in [1.807, 2.05) is 26.0 Å². The fourth-order valence-corrected chi connectivity index (χ4v) is 3.56. The second kappa shape index (κ2) is 4.64. The number of nitrogens with one attached hydrogen (secondary N) is 1. The molecule has 0 radical (unpaired) electrons. The number of hydrogen-bond acceptors (Lipinski definition) is 3. The molecule has 1 aromatic carbocycles. The second-order valence-corrected chi connectivity index (χ2v) is 5.84. The smallest absolute Gasteiger partial charge is 0.171 e. The first kappa shape index (κ1) is 12.7. The van der Waals surface area contributed by atoms with Crippen LogP contribution in [0.2, 0.25) is 0 Å². The predicted octanol–water partition coefficient (Wildman–Crippen LogP) is 2.64. The molecule has 0 aromatic heterocycles. The average molecular weight is 259 g/mol. The lowest BCUT2D eigenvalue weighted by Gasteiger charge is -2.21. The van der Waals surface area contributed by atoms with Gasteiger partial charge in [-0.1, -0.05) is 6.07 Å². The molecule has 3 atom stereocenters. The van der Waals surface area contributed by atoms with Crippen LogP contribution in [-0.2, 0) is 0 Å². The van der Waals surface area contributed by atoms with Crippen molar-refractivity contribution >= 4 is 5.78 Å². The predicted molar refractivity (Wildman–Crippen MR) is 74.9 cm³/mol. The Labute approximate surface area is 114 Å². The molecule has 0 spiro atoms. The van der Waals surface area contributed by atoms with E-state index in [9.17, 15) is 4.79 Å². The molecule has 0 amide bonds. The Balaban J connectivity index is 1.94. The van der Waals surface area contributed by atoms with Crippen molar-refractivity contribution in [3.8, 4) is 5.75 Å². The molecule has 2 bridgehead atoms. The van der Waals surface area contributed by atoms with Gasteiger partial charge in [-0.15, -0.1) is 0 Å². The highest BCUT2D eigenvalue weighted by Crippen LogP contribution is 2.37. The van der Waals surface area contributed by atoms with E-state index < -0.39 is 0 Å². The SMILES string of the molecule is COc1c(C(=O)C2CC3CCC2N3)ccc(C)c1C. The van der Waals surface area contributed by atoms with Crippen molar-refractivity contribution in [1.29, 1.82) is 0 Å². The molecule has 1 N–H and O–H groups in total. The fraction of sp³-hybridized carbons (Fsp3) is 0.562. The van der Waals surface area contributed by atoms with Crippen molar-refractivity contribution in [1.82, 2.24) is 5.32 Å². The normalized spacial score (nSPS) is 28.7. The van der Waals surface area contributed by atoms with Gasteiger partial charge in [-0.25, -0.2) is 0 Å². The van der Waals surface area contributed by atoms with Crippen molar-refractivity contribution in [2.75, 3.05) is 7.11 Å². The standard InChI is InChI=1S/C16H21NO2/c1-9-4-6-12(16(19-3)10(9)2)15(18)13-8-11-5-7-14(13)17-11/h4,6,11,13-14,17H,5,7-8H2,1-3H3. The quantitative estimate of drug-likeness (QED) is 0.848. The van der Waals surface area contributed by atoms with Crippen molar-refractivity contribution in [3.05, 3.63) is 28.8 Å². The molecule has 3 unspecified atom stereocenters. The van der Waals surface area contributed by atoms with Gasteiger partial charge in [0.2, 0.25) is 0 Å². The number of carbonyl (C=O) groups excluding carboxylic acids is 1. The van der Waals surface area contributed by atoms with E-state index in [4.69, 9.17) is 4.74 Å². The van der Waals surface area contributed by atoms with Crippen LogP contribution in [0, 0.1) is 19.8 Å². The Morgan fingerprint density at radius 1 is 1.32 bits per heavy atom. The number of methoxy groups -OCH3 is 1. The minimum atomic E-state index is 0.134. The largest absolute Gasteiger partial charge is 0.496 e. The van der Waals surface area contributed by atoms with Gasteiger partial charge in [0.15, 0.2) is 5.78 Å². The molecule has 2 aliphatic heterocycles. The zero-order valence-electron chi connectivity index (χ0n) is 11.8. The van der Waals surface area contributed by atoms with E-state index in [-0.39, 0.29) is 11.7 Å². The summed E-state index contributed by atoms with van der Waals surface area (Å²) in [7, 11) is 1.65. The molecular formula is C16H21NO2. The van der Waals surface area contributed by atoms with E-state index >= 15 is 0 Å². The van der Waals surface area contributed by atoms with E-state index in [1.54, 1.807) is 7.11 Å². The van der Waals surface area contributed by atoms with Gasteiger partial charge in [-0.05, 0) is 50.3 Å². The molecule has 102 valence electrons. The topological polar surface area (TPSA) is 38.3 Å². The molecule has 3 heteroatoms. The van der Waals surface area contributed by atoms with Crippen LogP contribution in [0.25, 0.3) is 0 Å². The molecule has 2 saturated heterocycles. The van der Waals surface area contributed by atoms with Crippen LogP contribution in [0.3, 0.4) is 0 Å². The van der Waals surface area contributed by atoms with Gasteiger partial charge in [0.1, 0.15) is 5.75 Å². The maximum absolute atomic E-state index is 12.8. The summed E-state index contributed by atoms with van der Waals surface area (Å²) in [6, 6.07) is 4.88. The third-order valence-electron chi connectivity index (χ3n) is 4.78. The number of benzene rings is 1. The first-order valence-electron chi connectivity index (χ1n) is 7.06. The van der Waals surface area contributed by atoms with Gasteiger partial charge in [0, 0.05) is 18.0 Å². The molecule has 0 aliphatic carbocycles. The zero-order chi connectivity index (χ0) is 13.6. The molecule has 0 saturated carbocycles. The van der Waals surface area contributed by atoms with Gasteiger partial charge in [-0.2, -0.15) is 0 Å². The average Bonchev–Trinajstić information content (AvgIpc) is 3.03. The summed E-state index contributed by atoms with van der Waals surface area (Å²) in [5.74, 6) is 1.14. The zero-order valence-corrected chi connectivity index (χ0v) is 11.8. The van der Waals surface area contributed by atoms with Crippen LogP contribution in [-0.4, -0.2) is 25.0 Å². The molecule has 2 fully saturated rings.